The van der Waals surface area contributed by atoms with Gasteiger partial charge >= 0.3 is 5.97 Å². The summed E-state index contributed by atoms with van der Waals surface area (Å²) in [6, 6.07) is 7.54. The number of hydrogen-bond donors (Lipinski definition) is 1. The summed E-state index contributed by atoms with van der Waals surface area (Å²) in [5, 5.41) is 10.2. The maximum atomic E-state index is 10.3. The standard InChI is InChI=1S/C11H7ClO2S/c12-8-1-3-10-7(5-8)6-9(15-10)2-4-11(13)14/h1-6H,(H,13,14). The number of carboxylic acid groups (broad SMARTS) is 1. The summed E-state index contributed by atoms with van der Waals surface area (Å²) in [5.74, 6) is -0.939. The number of fused-ring (bicyclic) bond motifs is 1. The lowest BCUT2D eigenvalue weighted by Crippen LogP contribution is -1.84. The van der Waals surface area contributed by atoms with Crippen LogP contribution in [0.15, 0.2) is 30.3 Å². The van der Waals surface area contributed by atoms with Crippen LogP contribution in [-0.4, -0.2) is 11.1 Å². The lowest BCUT2D eigenvalue weighted by atomic mass is 10.2. The molecule has 15 heavy (non-hydrogen) atoms. The van der Waals surface area contributed by atoms with Crippen LogP contribution in [0.4, 0.5) is 0 Å². The van der Waals surface area contributed by atoms with Crippen LogP contribution >= 0.6 is 22.9 Å². The summed E-state index contributed by atoms with van der Waals surface area (Å²) in [7, 11) is 0. The second kappa shape index (κ2) is 4.04. The Bertz CT molecular complexity index is 543. The molecular weight excluding hydrogens is 232 g/mol. The third kappa shape index (κ3) is 2.37. The zero-order chi connectivity index (χ0) is 10.8. The van der Waals surface area contributed by atoms with Crippen molar-refractivity contribution in [3.05, 3.63) is 40.2 Å². The average Bonchev–Trinajstić information content (AvgIpc) is 2.56. The second-order valence-corrected chi connectivity index (χ2v) is 4.55. The molecule has 2 nitrogen and oxygen atoms in total. The Balaban J connectivity index is 2.43. The van der Waals surface area contributed by atoms with E-state index in [1.54, 1.807) is 6.08 Å². The maximum absolute atomic E-state index is 10.3. The van der Waals surface area contributed by atoms with Crippen LogP contribution < -0.4 is 0 Å². The minimum atomic E-state index is -0.939. The van der Waals surface area contributed by atoms with Crippen LogP contribution in [-0.2, 0) is 4.79 Å². The quantitative estimate of drug-likeness (QED) is 0.811. The van der Waals surface area contributed by atoms with Gasteiger partial charge in [-0.15, -0.1) is 11.3 Å². The molecule has 1 heterocycles. The van der Waals surface area contributed by atoms with Gasteiger partial charge in [-0.25, -0.2) is 4.79 Å². The molecule has 0 bridgehead atoms. The molecule has 0 aliphatic rings. The van der Waals surface area contributed by atoms with Crippen LogP contribution in [0.1, 0.15) is 4.88 Å². The molecule has 0 fully saturated rings. The highest BCUT2D eigenvalue weighted by atomic mass is 35.5. The van der Waals surface area contributed by atoms with E-state index in [1.807, 2.05) is 24.3 Å². The Morgan fingerprint density at radius 1 is 1.40 bits per heavy atom. The molecule has 0 aliphatic carbocycles. The molecule has 0 amide bonds. The van der Waals surface area contributed by atoms with Gasteiger partial charge in [0.1, 0.15) is 0 Å². The van der Waals surface area contributed by atoms with Crippen molar-refractivity contribution < 1.29 is 9.90 Å². The first-order valence-electron chi connectivity index (χ1n) is 4.25. The summed E-state index contributed by atoms with van der Waals surface area (Å²) in [6.07, 6.45) is 2.72. The SMILES string of the molecule is O=C(O)C=Cc1cc2cc(Cl)ccc2s1. The predicted molar refractivity (Wildman–Crippen MR) is 63.5 cm³/mol. The fourth-order valence-electron chi connectivity index (χ4n) is 1.27. The van der Waals surface area contributed by atoms with E-state index in [9.17, 15) is 4.79 Å². The number of hydrogen-bond acceptors (Lipinski definition) is 2. The molecular formula is C11H7ClO2S. The summed E-state index contributed by atoms with van der Waals surface area (Å²) in [6.45, 7) is 0. The van der Waals surface area contributed by atoms with E-state index >= 15 is 0 Å². The zero-order valence-electron chi connectivity index (χ0n) is 7.61. The van der Waals surface area contributed by atoms with Crippen LogP contribution in [0.5, 0.6) is 0 Å². The van der Waals surface area contributed by atoms with Crippen LogP contribution in [0, 0.1) is 0 Å². The molecule has 1 N–H and O–H groups in total. The third-order valence-electron chi connectivity index (χ3n) is 1.89. The van der Waals surface area contributed by atoms with Gasteiger partial charge in [0.25, 0.3) is 0 Å². The molecule has 1 aromatic heterocycles. The van der Waals surface area contributed by atoms with Gasteiger partial charge in [-0.2, -0.15) is 0 Å². The monoisotopic (exact) mass is 238 g/mol. The van der Waals surface area contributed by atoms with Gasteiger partial charge in [0.15, 0.2) is 0 Å². The third-order valence-corrected chi connectivity index (χ3v) is 3.20. The van der Waals surface area contributed by atoms with Crippen molar-refractivity contribution in [1.82, 2.24) is 0 Å². The van der Waals surface area contributed by atoms with Crippen molar-refractivity contribution in [2.45, 2.75) is 0 Å². The Morgan fingerprint density at radius 2 is 2.20 bits per heavy atom. The normalized spacial score (nSPS) is 11.3. The van der Waals surface area contributed by atoms with Crippen molar-refractivity contribution in [2.24, 2.45) is 0 Å². The van der Waals surface area contributed by atoms with E-state index < -0.39 is 5.97 Å². The predicted octanol–water partition coefficient (Wildman–Crippen LogP) is 3.65. The Morgan fingerprint density at radius 3 is 2.93 bits per heavy atom. The largest absolute Gasteiger partial charge is 0.478 e. The van der Waals surface area contributed by atoms with Gasteiger partial charge in [-0.05, 0) is 35.7 Å². The lowest BCUT2D eigenvalue weighted by Gasteiger charge is -1.87. The molecule has 76 valence electrons. The fraction of sp³-hybridized carbons (Fsp3) is 0. The highest BCUT2D eigenvalue weighted by Gasteiger charge is 2.00. The summed E-state index contributed by atoms with van der Waals surface area (Å²) in [5.41, 5.74) is 0. The number of carboxylic acids is 1. The molecule has 0 atom stereocenters. The molecule has 2 aromatic rings. The van der Waals surface area contributed by atoms with Crippen molar-refractivity contribution in [3.8, 4) is 0 Å². The maximum Gasteiger partial charge on any atom is 0.328 e. The molecule has 0 spiro atoms. The smallest absolute Gasteiger partial charge is 0.328 e. The Labute approximate surface area is 95.4 Å². The van der Waals surface area contributed by atoms with Crippen molar-refractivity contribution in [3.63, 3.8) is 0 Å². The summed E-state index contributed by atoms with van der Waals surface area (Å²) < 4.78 is 1.10. The highest BCUT2D eigenvalue weighted by Crippen LogP contribution is 2.28. The van der Waals surface area contributed by atoms with Gasteiger partial charge in [0, 0.05) is 20.7 Å². The van der Waals surface area contributed by atoms with E-state index in [4.69, 9.17) is 16.7 Å². The first-order chi connectivity index (χ1) is 7.15. The summed E-state index contributed by atoms with van der Waals surface area (Å²) >= 11 is 7.39. The molecule has 0 saturated carbocycles. The minimum absolute atomic E-state index is 0.689. The second-order valence-electron chi connectivity index (χ2n) is 3.00. The fourth-order valence-corrected chi connectivity index (χ4v) is 2.40. The van der Waals surface area contributed by atoms with Crippen molar-refractivity contribution in [2.75, 3.05) is 0 Å². The van der Waals surface area contributed by atoms with Gasteiger partial charge in [0.2, 0.25) is 0 Å². The van der Waals surface area contributed by atoms with E-state index in [0.717, 1.165) is 21.0 Å². The molecule has 0 unspecified atom stereocenters. The molecule has 0 radical (unpaired) electrons. The minimum Gasteiger partial charge on any atom is -0.478 e. The Hall–Kier alpha value is -1.32. The molecule has 1 aromatic carbocycles. The highest BCUT2D eigenvalue weighted by molar-refractivity contribution is 7.19. The van der Waals surface area contributed by atoms with Crippen LogP contribution in [0.2, 0.25) is 5.02 Å². The van der Waals surface area contributed by atoms with Crippen LogP contribution in [0.25, 0.3) is 16.2 Å². The van der Waals surface area contributed by atoms with Gasteiger partial charge in [0.05, 0.1) is 0 Å². The van der Waals surface area contributed by atoms with E-state index in [0.29, 0.717) is 5.02 Å². The number of rotatable bonds is 2. The van der Waals surface area contributed by atoms with Crippen molar-refractivity contribution >= 4 is 45.1 Å². The first kappa shape index (κ1) is 10.2. The number of carbonyl (C=O) groups is 1. The lowest BCUT2D eigenvalue weighted by molar-refractivity contribution is -0.131. The average molecular weight is 239 g/mol. The molecule has 2 rings (SSSR count). The molecule has 4 heteroatoms. The van der Waals surface area contributed by atoms with Crippen LogP contribution in [0.3, 0.4) is 0 Å². The topological polar surface area (TPSA) is 37.3 Å². The first-order valence-corrected chi connectivity index (χ1v) is 5.45. The number of benzene rings is 1. The molecule has 0 aliphatic heterocycles. The van der Waals surface area contributed by atoms with E-state index in [-0.39, 0.29) is 0 Å². The number of aliphatic carboxylic acids is 1. The van der Waals surface area contributed by atoms with Gasteiger partial charge in [-0.1, -0.05) is 11.6 Å². The zero-order valence-corrected chi connectivity index (χ0v) is 9.18. The van der Waals surface area contributed by atoms with Gasteiger partial charge in [-0.3, -0.25) is 0 Å². The van der Waals surface area contributed by atoms with Crippen molar-refractivity contribution in [1.29, 1.82) is 0 Å². The summed E-state index contributed by atoms with van der Waals surface area (Å²) in [4.78, 5) is 11.3. The number of halogens is 1. The molecule has 0 saturated heterocycles. The Kier molecular flexibility index (Phi) is 2.75. The van der Waals surface area contributed by atoms with E-state index in [2.05, 4.69) is 0 Å². The van der Waals surface area contributed by atoms with E-state index in [1.165, 1.54) is 11.3 Å². The number of thiophene rings is 1. The van der Waals surface area contributed by atoms with Gasteiger partial charge < -0.3 is 5.11 Å².